The molecule has 2 N–H and O–H groups in total. The van der Waals surface area contributed by atoms with Gasteiger partial charge in [-0.2, -0.15) is 5.10 Å². The highest BCUT2D eigenvalue weighted by atomic mass is 16.3. The number of hydrogen-bond donors (Lipinski definition) is 2. The molecule has 0 heterocycles. The summed E-state index contributed by atoms with van der Waals surface area (Å²) in [6.07, 6.45) is 1.60. The van der Waals surface area contributed by atoms with Crippen molar-refractivity contribution in [1.82, 2.24) is 5.01 Å². The van der Waals surface area contributed by atoms with E-state index in [0.717, 1.165) is 5.56 Å². The van der Waals surface area contributed by atoms with Gasteiger partial charge in [-0.15, -0.1) is 0 Å². The van der Waals surface area contributed by atoms with Gasteiger partial charge in [0.15, 0.2) is 11.5 Å². The molecule has 0 unspecified atom stereocenters. The van der Waals surface area contributed by atoms with Crippen LogP contribution in [0.2, 0.25) is 0 Å². The maximum Gasteiger partial charge on any atom is 0.158 e. The molecule has 0 bridgehead atoms. The SMILES string of the molecule is CN(C)N=Cc1ccc(O)c(O)c1. The smallest absolute Gasteiger partial charge is 0.158 e. The molecule has 0 radical (unpaired) electrons. The maximum absolute atomic E-state index is 9.14. The summed E-state index contributed by atoms with van der Waals surface area (Å²) >= 11 is 0. The number of hydrogen-bond acceptors (Lipinski definition) is 4. The average molecular weight is 180 g/mol. The Kier molecular flexibility index (Phi) is 2.74. The molecule has 0 saturated heterocycles. The first-order valence-electron chi connectivity index (χ1n) is 3.83. The standard InChI is InChI=1S/C9H12N2O2/c1-11(2)10-6-7-3-4-8(12)9(13)5-7/h3-6,12-13H,1-2H3. The van der Waals surface area contributed by atoms with E-state index in [1.54, 1.807) is 31.4 Å². The summed E-state index contributed by atoms with van der Waals surface area (Å²) in [7, 11) is 3.60. The van der Waals surface area contributed by atoms with E-state index < -0.39 is 0 Å². The zero-order valence-corrected chi connectivity index (χ0v) is 7.60. The van der Waals surface area contributed by atoms with Gasteiger partial charge in [0, 0.05) is 14.1 Å². The van der Waals surface area contributed by atoms with Crippen LogP contribution in [0.25, 0.3) is 0 Å². The second-order valence-electron chi connectivity index (χ2n) is 2.84. The Morgan fingerprint density at radius 1 is 1.23 bits per heavy atom. The zero-order valence-electron chi connectivity index (χ0n) is 7.60. The number of benzene rings is 1. The van der Waals surface area contributed by atoms with Crippen molar-refractivity contribution in [3.8, 4) is 11.5 Å². The fraction of sp³-hybridized carbons (Fsp3) is 0.222. The minimum Gasteiger partial charge on any atom is -0.504 e. The highest BCUT2D eigenvalue weighted by molar-refractivity contribution is 5.80. The molecule has 1 aromatic carbocycles. The highest BCUT2D eigenvalue weighted by Crippen LogP contribution is 2.23. The quantitative estimate of drug-likeness (QED) is 0.405. The first-order valence-corrected chi connectivity index (χ1v) is 3.83. The Bertz CT molecular complexity index is 321. The lowest BCUT2D eigenvalue weighted by Gasteiger charge is -2.02. The number of hydrazone groups is 1. The maximum atomic E-state index is 9.14. The van der Waals surface area contributed by atoms with Crippen LogP contribution in [0.4, 0.5) is 0 Å². The average Bonchev–Trinajstić information content (AvgIpc) is 2.07. The largest absolute Gasteiger partial charge is 0.504 e. The topological polar surface area (TPSA) is 56.1 Å². The normalized spacial score (nSPS) is 10.6. The number of nitrogens with zero attached hydrogens (tertiary/aromatic N) is 2. The lowest BCUT2D eigenvalue weighted by molar-refractivity contribution is 0.403. The minimum absolute atomic E-state index is 0.123. The Morgan fingerprint density at radius 2 is 1.92 bits per heavy atom. The van der Waals surface area contributed by atoms with E-state index in [0.29, 0.717) is 0 Å². The third-order valence-electron chi connectivity index (χ3n) is 1.44. The Morgan fingerprint density at radius 3 is 2.46 bits per heavy atom. The van der Waals surface area contributed by atoms with Gasteiger partial charge in [-0.1, -0.05) is 0 Å². The van der Waals surface area contributed by atoms with Gasteiger partial charge in [0.25, 0.3) is 0 Å². The molecule has 0 amide bonds. The Labute approximate surface area is 76.7 Å². The molecule has 0 saturated carbocycles. The van der Waals surface area contributed by atoms with E-state index >= 15 is 0 Å². The second kappa shape index (κ2) is 3.80. The molecule has 13 heavy (non-hydrogen) atoms. The number of rotatable bonds is 2. The third-order valence-corrected chi connectivity index (χ3v) is 1.44. The molecule has 4 nitrogen and oxygen atoms in total. The zero-order chi connectivity index (χ0) is 9.84. The van der Waals surface area contributed by atoms with Crippen LogP contribution in [0.1, 0.15) is 5.56 Å². The molecular formula is C9H12N2O2. The van der Waals surface area contributed by atoms with Gasteiger partial charge in [-0.25, -0.2) is 0 Å². The highest BCUT2D eigenvalue weighted by Gasteiger charge is 1.97. The first-order chi connectivity index (χ1) is 6.09. The van der Waals surface area contributed by atoms with Crippen LogP contribution in [0, 0.1) is 0 Å². The first kappa shape index (κ1) is 9.38. The van der Waals surface area contributed by atoms with E-state index in [-0.39, 0.29) is 11.5 Å². The van der Waals surface area contributed by atoms with Gasteiger partial charge in [-0.3, -0.25) is 0 Å². The molecule has 4 heteroatoms. The van der Waals surface area contributed by atoms with Crippen molar-refractivity contribution in [2.24, 2.45) is 5.10 Å². The molecule has 0 aliphatic heterocycles. The van der Waals surface area contributed by atoms with E-state index in [9.17, 15) is 0 Å². The summed E-state index contributed by atoms with van der Waals surface area (Å²) in [4.78, 5) is 0. The van der Waals surface area contributed by atoms with Crippen LogP contribution in [-0.2, 0) is 0 Å². The minimum atomic E-state index is -0.136. The summed E-state index contributed by atoms with van der Waals surface area (Å²) in [5.41, 5.74) is 0.740. The summed E-state index contributed by atoms with van der Waals surface area (Å²) in [5, 5.41) is 23.8. The molecule has 0 spiro atoms. The Balaban J connectivity index is 2.85. The van der Waals surface area contributed by atoms with Gasteiger partial charge in [0.1, 0.15) is 0 Å². The molecule has 0 fully saturated rings. The van der Waals surface area contributed by atoms with Gasteiger partial charge >= 0.3 is 0 Å². The number of phenols is 2. The van der Waals surface area contributed by atoms with Gasteiger partial charge in [0.05, 0.1) is 6.21 Å². The fourth-order valence-corrected chi connectivity index (χ4v) is 0.803. The second-order valence-corrected chi connectivity index (χ2v) is 2.84. The number of phenolic OH excluding ortho intramolecular Hbond substituents is 2. The van der Waals surface area contributed by atoms with E-state index in [1.165, 1.54) is 12.1 Å². The molecule has 0 aliphatic carbocycles. The van der Waals surface area contributed by atoms with Crippen LogP contribution in [0.5, 0.6) is 11.5 Å². The Hall–Kier alpha value is -1.71. The summed E-state index contributed by atoms with van der Waals surface area (Å²) in [6.45, 7) is 0. The third kappa shape index (κ3) is 2.66. The summed E-state index contributed by atoms with van der Waals surface area (Å²) in [6, 6.07) is 4.54. The predicted octanol–water partition coefficient (Wildman–Crippen LogP) is 0.993. The van der Waals surface area contributed by atoms with Crippen molar-refractivity contribution in [2.75, 3.05) is 14.1 Å². The van der Waals surface area contributed by atoms with Crippen LogP contribution in [-0.4, -0.2) is 35.5 Å². The number of aromatic hydroxyl groups is 2. The van der Waals surface area contributed by atoms with Crippen molar-refractivity contribution >= 4 is 6.21 Å². The van der Waals surface area contributed by atoms with Crippen LogP contribution in [0.15, 0.2) is 23.3 Å². The lowest BCUT2D eigenvalue weighted by atomic mass is 10.2. The molecule has 1 aromatic rings. The van der Waals surface area contributed by atoms with E-state index in [2.05, 4.69) is 5.10 Å². The van der Waals surface area contributed by atoms with Crippen LogP contribution < -0.4 is 0 Å². The summed E-state index contributed by atoms with van der Waals surface area (Å²) < 4.78 is 0. The van der Waals surface area contributed by atoms with Crippen molar-refractivity contribution in [3.63, 3.8) is 0 Å². The van der Waals surface area contributed by atoms with Gasteiger partial charge in [0.2, 0.25) is 0 Å². The van der Waals surface area contributed by atoms with Gasteiger partial charge < -0.3 is 15.2 Å². The van der Waals surface area contributed by atoms with E-state index in [4.69, 9.17) is 10.2 Å². The van der Waals surface area contributed by atoms with Crippen molar-refractivity contribution in [3.05, 3.63) is 23.8 Å². The van der Waals surface area contributed by atoms with Crippen LogP contribution in [0.3, 0.4) is 0 Å². The molecule has 1 rings (SSSR count). The van der Waals surface area contributed by atoms with Crippen molar-refractivity contribution in [2.45, 2.75) is 0 Å². The molecule has 70 valence electrons. The van der Waals surface area contributed by atoms with Crippen molar-refractivity contribution in [1.29, 1.82) is 0 Å². The predicted molar refractivity (Wildman–Crippen MR) is 51.1 cm³/mol. The monoisotopic (exact) mass is 180 g/mol. The molecule has 0 aromatic heterocycles. The van der Waals surface area contributed by atoms with E-state index in [1.807, 2.05) is 0 Å². The molecule has 0 atom stereocenters. The fourth-order valence-electron chi connectivity index (χ4n) is 0.803. The van der Waals surface area contributed by atoms with Crippen molar-refractivity contribution < 1.29 is 10.2 Å². The molecule has 0 aliphatic rings. The molecular weight excluding hydrogens is 168 g/mol. The van der Waals surface area contributed by atoms with Crippen LogP contribution >= 0.6 is 0 Å². The lowest BCUT2D eigenvalue weighted by Crippen LogP contribution is -2.01. The summed E-state index contributed by atoms with van der Waals surface area (Å²) in [5.74, 6) is -0.260. The van der Waals surface area contributed by atoms with Gasteiger partial charge in [-0.05, 0) is 23.8 Å².